The molecule has 204 valence electrons. The molecule has 0 aliphatic heterocycles. The van der Waals surface area contributed by atoms with Crippen molar-refractivity contribution in [2.75, 3.05) is 0 Å². The summed E-state index contributed by atoms with van der Waals surface area (Å²) in [7, 11) is 0. The van der Waals surface area contributed by atoms with Crippen LogP contribution in [0.1, 0.15) is 68.1 Å². The van der Waals surface area contributed by atoms with Crippen LogP contribution in [0.4, 0.5) is 0 Å². The molecule has 4 bridgehead atoms. The number of rotatable bonds is 8. The fourth-order valence-corrected chi connectivity index (χ4v) is 8.48. The van der Waals surface area contributed by atoms with Crippen LogP contribution in [0.25, 0.3) is 11.1 Å². The number of carboxylic acids is 1. The number of allylic oxidation sites excluding steroid dienone is 1. The van der Waals surface area contributed by atoms with E-state index in [1.54, 1.807) is 30.4 Å². The summed E-state index contributed by atoms with van der Waals surface area (Å²) in [6.07, 6.45) is 8.99. The minimum absolute atomic E-state index is 0.120. The molecule has 0 heterocycles. The zero-order chi connectivity index (χ0) is 27.2. The quantitative estimate of drug-likeness (QED) is 0.330. The van der Waals surface area contributed by atoms with Gasteiger partial charge in [-0.3, -0.25) is 9.59 Å². The Morgan fingerprint density at radius 1 is 0.872 bits per heavy atom. The number of aliphatic carboxylic acids is 1. The maximum Gasteiger partial charge on any atom is 0.338 e. The topological polar surface area (TPSA) is 101 Å². The number of esters is 1. The van der Waals surface area contributed by atoms with E-state index in [2.05, 4.69) is 0 Å². The Morgan fingerprint density at radius 2 is 1.51 bits per heavy atom. The Hall–Kier alpha value is -3.25. The normalized spacial score (nSPS) is 34.8. The zero-order valence-corrected chi connectivity index (χ0v) is 22.1. The first kappa shape index (κ1) is 26.0. The Balaban J connectivity index is 1.25. The Kier molecular flexibility index (Phi) is 6.70. The molecular weight excluding hydrogens is 492 g/mol. The van der Waals surface area contributed by atoms with Crippen LogP contribution in [0, 0.1) is 29.1 Å². The van der Waals surface area contributed by atoms with Gasteiger partial charge in [-0.05, 0) is 98.5 Å². The molecule has 39 heavy (non-hydrogen) atoms. The summed E-state index contributed by atoms with van der Waals surface area (Å²) in [5, 5.41) is 20.8. The Bertz CT molecular complexity index is 1260. The van der Waals surface area contributed by atoms with Crippen molar-refractivity contribution in [2.24, 2.45) is 29.1 Å². The van der Waals surface area contributed by atoms with E-state index in [1.807, 2.05) is 36.4 Å². The number of carbonyl (C=O) groups excluding carboxylic acids is 2. The van der Waals surface area contributed by atoms with Crippen molar-refractivity contribution >= 4 is 17.7 Å². The van der Waals surface area contributed by atoms with Gasteiger partial charge < -0.3 is 14.9 Å². The Morgan fingerprint density at radius 3 is 2.15 bits per heavy atom. The summed E-state index contributed by atoms with van der Waals surface area (Å²) >= 11 is 0. The maximum atomic E-state index is 13.6. The van der Waals surface area contributed by atoms with Crippen LogP contribution in [0.2, 0.25) is 0 Å². The minimum Gasteiger partial charge on any atom is -0.481 e. The molecule has 5 fully saturated rings. The molecule has 2 N–H and O–H groups in total. The molecule has 5 aliphatic rings. The van der Waals surface area contributed by atoms with Gasteiger partial charge in [0.1, 0.15) is 0 Å². The van der Waals surface area contributed by atoms with Gasteiger partial charge in [-0.2, -0.15) is 0 Å². The van der Waals surface area contributed by atoms with E-state index in [0.717, 1.165) is 30.4 Å². The molecule has 3 atom stereocenters. The molecule has 0 saturated heterocycles. The van der Waals surface area contributed by atoms with E-state index in [1.165, 1.54) is 19.3 Å². The fourth-order valence-electron chi connectivity index (χ4n) is 8.48. The fraction of sp³-hybridized carbons (Fsp3) is 0.485. The lowest BCUT2D eigenvalue weighted by molar-refractivity contribution is -0.150. The molecule has 3 unspecified atom stereocenters. The third-order valence-electron chi connectivity index (χ3n) is 9.90. The van der Waals surface area contributed by atoms with Crippen molar-refractivity contribution in [2.45, 2.75) is 69.5 Å². The van der Waals surface area contributed by atoms with E-state index in [9.17, 15) is 24.6 Å². The molecule has 5 saturated carbocycles. The van der Waals surface area contributed by atoms with Gasteiger partial charge in [0.2, 0.25) is 0 Å². The van der Waals surface area contributed by atoms with Crippen LogP contribution in [-0.4, -0.2) is 39.6 Å². The molecular formula is C33H36O6. The van der Waals surface area contributed by atoms with Gasteiger partial charge in [-0.15, -0.1) is 0 Å². The van der Waals surface area contributed by atoms with Crippen molar-refractivity contribution in [3.05, 3.63) is 72.3 Å². The first-order chi connectivity index (χ1) is 18.8. The highest BCUT2D eigenvalue weighted by molar-refractivity contribution is 5.95. The lowest BCUT2D eigenvalue weighted by Crippen LogP contribution is -2.50. The van der Waals surface area contributed by atoms with E-state index < -0.39 is 36.0 Å². The second kappa shape index (κ2) is 10.1. The maximum absolute atomic E-state index is 13.6. The molecule has 7 rings (SSSR count). The first-order valence-corrected chi connectivity index (χ1v) is 14.3. The number of hydrogen-bond donors (Lipinski definition) is 2. The number of carbonyl (C=O) groups is 3. The minimum atomic E-state index is -1.64. The van der Waals surface area contributed by atoms with Crippen molar-refractivity contribution in [3.63, 3.8) is 0 Å². The largest absolute Gasteiger partial charge is 0.481 e. The summed E-state index contributed by atoms with van der Waals surface area (Å²) in [5.74, 6) is -0.368. The van der Waals surface area contributed by atoms with Crippen molar-refractivity contribution < 1.29 is 29.3 Å². The van der Waals surface area contributed by atoms with Crippen molar-refractivity contribution in [3.8, 4) is 11.1 Å². The first-order valence-electron chi connectivity index (χ1n) is 14.3. The van der Waals surface area contributed by atoms with Crippen LogP contribution in [0.15, 0.2) is 66.7 Å². The third kappa shape index (κ3) is 4.84. The van der Waals surface area contributed by atoms with Gasteiger partial charge in [-0.1, -0.05) is 48.5 Å². The number of aliphatic hydroxyl groups is 1. The summed E-state index contributed by atoms with van der Waals surface area (Å²) in [6.45, 7) is 0. The summed E-state index contributed by atoms with van der Waals surface area (Å²) in [5.41, 5.74) is 0.128. The average molecular weight is 529 g/mol. The van der Waals surface area contributed by atoms with Gasteiger partial charge in [0, 0.05) is 11.3 Å². The lowest BCUT2D eigenvalue weighted by Gasteiger charge is -2.55. The molecule has 0 radical (unpaired) electrons. The van der Waals surface area contributed by atoms with Gasteiger partial charge in [0.15, 0.2) is 11.4 Å². The SMILES string of the molecule is O=C(O)CC1(OC(=O)c2cccc(-c3ccccc3)c2)C(O)CCC1C=CC(=O)C12CC3CC(CC(C3)C1)C2. The van der Waals surface area contributed by atoms with Crippen LogP contribution >= 0.6 is 0 Å². The summed E-state index contributed by atoms with van der Waals surface area (Å²) < 4.78 is 5.96. The number of aliphatic hydroxyl groups excluding tert-OH is 1. The van der Waals surface area contributed by atoms with E-state index >= 15 is 0 Å². The average Bonchev–Trinajstić information content (AvgIpc) is 3.20. The van der Waals surface area contributed by atoms with E-state index in [-0.39, 0.29) is 16.8 Å². The van der Waals surface area contributed by atoms with Crippen molar-refractivity contribution in [1.82, 2.24) is 0 Å². The molecule has 0 amide bonds. The predicted octanol–water partition coefficient (Wildman–Crippen LogP) is 5.84. The monoisotopic (exact) mass is 528 g/mol. The molecule has 6 heteroatoms. The highest BCUT2D eigenvalue weighted by Crippen LogP contribution is 2.60. The third-order valence-corrected chi connectivity index (χ3v) is 9.90. The molecule has 5 aliphatic carbocycles. The second-order valence-electron chi connectivity index (χ2n) is 12.5. The molecule has 0 aromatic heterocycles. The van der Waals surface area contributed by atoms with Crippen LogP contribution < -0.4 is 0 Å². The number of hydrogen-bond acceptors (Lipinski definition) is 5. The molecule has 0 spiro atoms. The van der Waals surface area contributed by atoms with E-state index in [0.29, 0.717) is 30.6 Å². The number of carboxylic acid groups (broad SMARTS) is 1. The molecule has 6 nitrogen and oxygen atoms in total. The number of benzene rings is 2. The highest BCUT2D eigenvalue weighted by atomic mass is 16.6. The summed E-state index contributed by atoms with van der Waals surface area (Å²) in [6, 6.07) is 16.6. The number of ether oxygens (including phenoxy) is 1. The van der Waals surface area contributed by atoms with Crippen LogP contribution in [0.5, 0.6) is 0 Å². The van der Waals surface area contributed by atoms with Gasteiger partial charge in [-0.25, -0.2) is 4.79 Å². The predicted molar refractivity (Wildman–Crippen MR) is 146 cm³/mol. The van der Waals surface area contributed by atoms with Gasteiger partial charge >= 0.3 is 11.9 Å². The molecule has 2 aromatic carbocycles. The highest BCUT2D eigenvalue weighted by Gasteiger charge is 2.55. The standard InChI is InChI=1S/C33H36O6/c34-28(32-17-21-13-22(18-32)15-23(14-21)19-32)11-9-27-10-12-29(35)33(27,20-30(36)37)39-31(38)26-8-4-7-25(16-26)24-5-2-1-3-6-24/h1-9,11,16,21-23,27,29,35H,10,12-15,17-20H2,(H,36,37). The van der Waals surface area contributed by atoms with Gasteiger partial charge in [0.05, 0.1) is 18.1 Å². The van der Waals surface area contributed by atoms with Crippen molar-refractivity contribution in [1.29, 1.82) is 0 Å². The molecule has 2 aromatic rings. The van der Waals surface area contributed by atoms with Crippen LogP contribution in [-0.2, 0) is 14.3 Å². The van der Waals surface area contributed by atoms with Crippen LogP contribution in [0.3, 0.4) is 0 Å². The summed E-state index contributed by atoms with van der Waals surface area (Å²) in [4.78, 5) is 39.0. The second-order valence-corrected chi connectivity index (χ2v) is 12.5. The lowest BCUT2D eigenvalue weighted by atomic mass is 9.48. The van der Waals surface area contributed by atoms with E-state index in [4.69, 9.17) is 4.74 Å². The number of ketones is 1. The zero-order valence-electron chi connectivity index (χ0n) is 22.1. The van der Waals surface area contributed by atoms with Gasteiger partial charge in [0.25, 0.3) is 0 Å². The Labute approximate surface area is 229 Å². The smallest absolute Gasteiger partial charge is 0.338 e.